The molecule has 3 heteroatoms. The molecular formula is C12H14N2O. The summed E-state index contributed by atoms with van der Waals surface area (Å²) in [5.74, 6) is 0.385. The molecule has 0 amide bonds. The molecule has 15 heavy (non-hydrogen) atoms. The lowest BCUT2D eigenvalue weighted by Gasteiger charge is -2.04. The van der Waals surface area contributed by atoms with Crippen molar-refractivity contribution in [3.63, 3.8) is 0 Å². The van der Waals surface area contributed by atoms with Crippen LogP contribution in [-0.2, 0) is 0 Å². The van der Waals surface area contributed by atoms with Crippen LogP contribution < -0.4 is 5.73 Å². The lowest BCUT2D eigenvalue weighted by atomic mass is 10.0. The Morgan fingerprint density at radius 3 is 2.40 bits per heavy atom. The van der Waals surface area contributed by atoms with E-state index in [1.165, 1.54) is 11.1 Å². The third-order valence-electron chi connectivity index (χ3n) is 2.68. The molecule has 2 N–H and O–H groups in total. The van der Waals surface area contributed by atoms with E-state index in [2.05, 4.69) is 31.1 Å². The molecular weight excluding hydrogens is 188 g/mol. The van der Waals surface area contributed by atoms with Crippen molar-refractivity contribution < 1.29 is 4.52 Å². The quantitative estimate of drug-likeness (QED) is 0.773. The van der Waals surface area contributed by atoms with Crippen molar-refractivity contribution in [1.82, 2.24) is 5.16 Å². The second-order valence-corrected chi connectivity index (χ2v) is 3.81. The number of benzene rings is 1. The fourth-order valence-electron chi connectivity index (χ4n) is 1.64. The maximum Gasteiger partial charge on any atom is 0.230 e. The number of aryl methyl sites for hydroxylation is 3. The summed E-state index contributed by atoms with van der Waals surface area (Å²) in [7, 11) is 0. The fraction of sp³-hybridized carbons (Fsp3) is 0.250. The summed E-state index contributed by atoms with van der Waals surface area (Å²) in [6, 6.07) is 6.22. The predicted molar refractivity (Wildman–Crippen MR) is 60.6 cm³/mol. The maximum atomic E-state index is 5.73. The van der Waals surface area contributed by atoms with E-state index in [1.807, 2.05) is 13.0 Å². The van der Waals surface area contributed by atoms with E-state index in [0.29, 0.717) is 5.88 Å². The van der Waals surface area contributed by atoms with Crippen LogP contribution in [0, 0.1) is 20.8 Å². The molecule has 0 atom stereocenters. The molecule has 3 nitrogen and oxygen atoms in total. The van der Waals surface area contributed by atoms with Crippen LogP contribution in [-0.4, -0.2) is 5.16 Å². The molecule has 0 spiro atoms. The minimum atomic E-state index is 0.385. The van der Waals surface area contributed by atoms with Crippen molar-refractivity contribution in [3.05, 3.63) is 35.0 Å². The van der Waals surface area contributed by atoms with Crippen molar-refractivity contribution >= 4 is 5.88 Å². The van der Waals surface area contributed by atoms with Crippen molar-refractivity contribution in [2.75, 3.05) is 5.73 Å². The zero-order valence-electron chi connectivity index (χ0n) is 9.16. The van der Waals surface area contributed by atoms with Crippen LogP contribution in [0.1, 0.15) is 16.8 Å². The largest absolute Gasteiger partial charge is 0.367 e. The number of nitrogens with two attached hydrogens (primary N) is 1. The van der Waals surface area contributed by atoms with Gasteiger partial charge in [0.25, 0.3) is 0 Å². The highest BCUT2D eigenvalue weighted by Gasteiger charge is 2.12. The highest BCUT2D eigenvalue weighted by Crippen LogP contribution is 2.30. The molecule has 0 unspecified atom stereocenters. The molecule has 0 saturated heterocycles. The SMILES string of the molecule is Cc1ccc(-c2c(C)noc2N)cc1C. The van der Waals surface area contributed by atoms with Gasteiger partial charge in [0.2, 0.25) is 5.88 Å². The van der Waals surface area contributed by atoms with Gasteiger partial charge in [-0.05, 0) is 37.5 Å². The topological polar surface area (TPSA) is 52.0 Å². The lowest BCUT2D eigenvalue weighted by molar-refractivity contribution is 0.431. The summed E-state index contributed by atoms with van der Waals surface area (Å²) < 4.78 is 4.95. The molecule has 0 fully saturated rings. The standard InChI is InChI=1S/C12H14N2O/c1-7-4-5-10(6-8(7)2)11-9(3)14-15-12(11)13/h4-6H,13H2,1-3H3. The molecule has 0 aliphatic heterocycles. The molecule has 0 aliphatic rings. The molecule has 0 saturated carbocycles. The van der Waals surface area contributed by atoms with Crippen LogP contribution in [0.3, 0.4) is 0 Å². The predicted octanol–water partition coefficient (Wildman–Crippen LogP) is 2.85. The number of aromatic nitrogens is 1. The first kappa shape index (κ1) is 9.77. The Morgan fingerprint density at radius 1 is 1.13 bits per heavy atom. The number of nitrogens with zero attached hydrogens (tertiary/aromatic N) is 1. The van der Waals surface area contributed by atoms with Crippen molar-refractivity contribution in [2.24, 2.45) is 0 Å². The van der Waals surface area contributed by atoms with Crippen molar-refractivity contribution in [3.8, 4) is 11.1 Å². The van der Waals surface area contributed by atoms with Crippen LogP contribution in [0.5, 0.6) is 0 Å². The van der Waals surface area contributed by atoms with Gasteiger partial charge < -0.3 is 10.3 Å². The van der Waals surface area contributed by atoms with Gasteiger partial charge in [-0.15, -0.1) is 0 Å². The summed E-state index contributed by atoms with van der Waals surface area (Å²) in [6.07, 6.45) is 0. The van der Waals surface area contributed by atoms with Gasteiger partial charge in [0.05, 0.1) is 11.3 Å². The third-order valence-corrected chi connectivity index (χ3v) is 2.68. The van der Waals surface area contributed by atoms with Gasteiger partial charge in [-0.2, -0.15) is 0 Å². The first-order valence-corrected chi connectivity index (χ1v) is 4.89. The summed E-state index contributed by atoms with van der Waals surface area (Å²) in [5, 5.41) is 3.84. The minimum absolute atomic E-state index is 0.385. The Hall–Kier alpha value is -1.77. The van der Waals surface area contributed by atoms with E-state index < -0.39 is 0 Å². The number of nitrogen functional groups attached to an aromatic ring is 1. The molecule has 0 aliphatic carbocycles. The van der Waals surface area contributed by atoms with Crippen molar-refractivity contribution in [2.45, 2.75) is 20.8 Å². The molecule has 0 bridgehead atoms. The van der Waals surface area contributed by atoms with Crippen LogP contribution in [0.2, 0.25) is 0 Å². The minimum Gasteiger partial charge on any atom is -0.367 e. The third kappa shape index (κ3) is 1.61. The van der Waals surface area contributed by atoms with Crippen LogP contribution in [0.25, 0.3) is 11.1 Å². The zero-order chi connectivity index (χ0) is 11.0. The van der Waals surface area contributed by atoms with Gasteiger partial charge >= 0.3 is 0 Å². The Balaban J connectivity index is 2.59. The van der Waals surface area contributed by atoms with Gasteiger partial charge in [0, 0.05) is 0 Å². The Labute approximate surface area is 88.9 Å². The van der Waals surface area contributed by atoms with E-state index in [0.717, 1.165) is 16.8 Å². The normalized spacial score (nSPS) is 10.6. The maximum absolute atomic E-state index is 5.73. The van der Waals surface area contributed by atoms with Crippen LogP contribution in [0.15, 0.2) is 22.7 Å². The van der Waals surface area contributed by atoms with Gasteiger partial charge in [-0.1, -0.05) is 23.4 Å². The number of anilines is 1. The molecule has 0 radical (unpaired) electrons. The lowest BCUT2D eigenvalue weighted by Crippen LogP contribution is -1.88. The smallest absolute Gasteiger partial charge is 0.230 e. The van der Waals surface area contributed by atoms with Crippen LogP contribution >= 0.6 is 0 Å². The Kier molecular flexibility index (Phi) is 2.23. The second-order valence-electron chi connectivity index (χ2n) is 3.81. The Bertz CT molecular complexity index is 481. The van der Waals surface area contributed by atoms with Gasteiger partial charge in [-0.3, -0.25) is 0 Å². The molecule has 1 aromatic heterocycles. The summed E-state index contributed by atoms with van der Waals surface area (Å²) >= 11 is 0. The number of hydrogen-bond acceptors (Lipinski definition) is 3. The molecule has 1 heterocycles. The van der Waals surface area contributed by atoms with E-state index in [4.69, 9.17) is 10.3 Å². The fourth-order valence-corrected chi connectivity index (χ4v) is 1.64. The second kappa shape index (κ2) is 3.42. The van der Waals surface area contributed by atoms with E-state index in [9.17, 15) is 0 Å². The van der Waals surface area contributed by atoms with Crippen LogP contribution in [0.4, 0.5) is 5.88 Å². The number of hydrogen-bond donors (Lipinski definition) is 1. The molecule has 78 valence electrons. The summed E-state index contributed by atoms with van der Waals surface area (Å²) in [5.41, 5.74) is 11.0. The average molecular weight is 202 g/mol. The van der Waals surface area contributed by atoms with Crippen molar-refractivity contribution in [1.29, 1.82) is 0 Å². The molecule has 2 rings (SSSR count). The van der Waals surface area contributed by atoms with E-state index >= 15 is 0 Å². The average Bonchev–Trinajstić information content (AvgIpc) is 2.52. The highest BCUT2D eigenvalue weighted by atomic mass is 16.5. The van der Waals surface area contributed by atoms with E-state index in [1.54, 1.807) is 0 Å². The summed E-state index contributed by atoms with van der Waals surface area (Å²) in [4.78, 5) is 0. The zero-order valence-corrected chi connectivity index (χ0v) is 9.16. The summed E-state index contributed by atoms with van der Waals surface area (Å²) in [6.45, 7) is 6.06. The first-order valence-electron chi connectivity index (χ1n) is 4.89. The number of rotatable bonds is 1. The Morgan fingerprint density at radius 2 is 1.87 bits per heavy atom. The van der Waals surface area contributed by atoms with Gasteiger partial charge in [0.1, 0.15) is 0 Å². The highest BCUT2D eigenvalue weighted by molar-refractivity contribution is 5.75. The van der Waals surface area contributed by atoms with E-state index in [-0.39, 0.29) is 0 Å². The molecule has 1 aromatic carbocycles. The molecule has 2 aromatic rings. The van der Waals surface area contributed by atoms with Gasteiger partial charge in [-0.25, -0.2) is 0 Å². The first-order chi connectivity index (χ1) is 7.09. The van der Waals surface area contributed by atoms with Gasteiger partial charge in [0.15, 0.2) is 0 Å². The monoisotopic (exact) mass is 202 g/mol.